The number of halogens is 1. The molecule has 5 nitrogen and oxygen atoms in total. The predicted octanol–water partition coefficient (Wildman–Crippen LogP) is 6.40. The van der Waals surface area contributed by atoms with Crippen LogP contribution < -0.4 is 14.8 Å². The summed E-state index contributed by atoms with van der Waals surface area (Å²) in [6.45, 7) is 6.14. The molecule has 0 fully saturated rings. The summed E-state index contributed by atoms with van der Waals surface area (Å²) in [5.74, 6) is 0.549. The first-order valence-electron chi connectivity index (χ1n) is 10.4. The second kappa shape index (κ2) is 10.7. The topological polar surface area (TPSA) is 71.3 Å². The summed E-state index contributed by atoms with van der Waals surface area (Å²) in [6, 6.07) is 18.6. The van der Waals surface area contributed by atoms with E-state index in [1.807, 2.05) is 57.2 Å². The first-order valence-corrected chi connectivity index (χ1v) is 10.8. The summed E-state index contributed by atoms with van der Waals surface area (Å²) in [6.07, 6.45) is 1.52. The standard InChI is InChI=1S/C27H25ClN2O3/c1-17-11-18(2)26(19(3)12-17)30-27(31)22(15-29)13-20-9-10-24(25(14-20)32-4)33-16-21-7-5-6-8-23(21)28/h5-14H,16H2,1-4H3,(H,30,31)/b22-13+. The van der Waals surface area contributed by atoms with Gasteiger partial charge in [0.05, 0.1) is 7.11 Å². The van der Waals surface area contributed by atoms with Crippen LogP contribution in [-0.4, -0.2) is 13.0 Å². The summed E-state index contributed by atoms with van der Waals surface area (Å²) in [4.78, 5) is 12.8. The molecule has 168 valence electrons. The van der Waals surface area contributed by atoms with Gasteiger partial charge in [0.25, 0.3) is 5.91 Å². The van der Waals surface area contributed by atoms with Crippen LogP contribution in [0.4, 0.5) is 5.69 Å². The maximum absolute atomic E-state index is 12.8. The van der Waals surface area contributed by atoms with Crippen LogP contribution in [0, 0.1) is 32.1 Å². The van der Waals surface area contributed by atoms with Gasteiger partial charge in [-0.05, 0) is 61.7 Å². The van der Waals surface area contributed by atoms with E-state index in [1.54, 1.807) is 24.3 Å². The van der Waals surface area contributed by atoms with Gasteiger partial charge in [0, 0.05) is 16.3 Å². The number of methoxy groups -OCH3 is 1. The number of ether oxygens (including phenoxy) is 2. The molecule has 0 aromatic heterocycles. The van der Waals surface area contributed by atoms with Crippen molar-refractivity contribution in [3.63, 3.8) is 0 Å². The third-order valence-electron chi connectivity index (χ3n) is 5.12. The van der Waals surface area contributed by atoms with Crippen LogP contribution in [0.3, 0.4) is 0 Å². The molecule has 3 aromatic rings. The van der Waals surface area contributed by atoms with Gasteiger partial charge in [0.15, 0.2) is 11.5 Å². The largest absolute Gasteiger partial charge is 0.493 e. The van der Waals surface area contributed by atoms with Crippen LogP contribution in [0.15, 0.2) is 60.2 Å². The first kappa shape index (κ1) is 23.9. The van der Waals surface area contributed by atoms with Gasteiger partial charge < -0.3 is 14.8 Å². The van der Waals surface area contributed by atoms with Crippen molar-refractivity contribution in [1.82, 2.24) is 0 Å². The molecule has 0 heterocycles. The fourth-order valence-electron chi connectivity index (χ4n) is 3.54. The Hall–Kier alpha value is -3.75. The Balaban J connectivity index is 1.80. The average molecular weight is 461 g/mol. The minimum absolute atomic E-state index is 0.0128. The molecule has 0 unspecified atom stereocenters. The Morgan fingerprint density at radius 3 is 2.39 bits per heavy atom. The van der Waals surface area contributed by atoms with Crippen LogP contribution in [0.25, 0.3) is 6.08 Å². The number of rotatable bonds is 7. The first-order chi connectivity index (χ1) is 15.8. The summed E-state index contributed by atoms with van der Waals surface area (Å²) in [5, 5.41) is 13.1. The van der Waals surface area contributed by atoms with Gasteiger partial charge in [-0.3, -0.25) is 4.79 Å². The minimum Gasteiger partial charge on any atom is -0.493 e. The third-order valence-corrected chi connectivity index (χ3v) is 5.49. The molecule has 0 aliphatic heterocycles. The van der Waals surface area contributed by atoms with Crippen molar-refractivity contribution in [3.8, 4) is 17.6 Å². The lowest BCUT2D eigenvalue weighted by atomic mass is 10.0. The number of hydrogen-bond acceptors (Lipinski definition) is 4. The SMILES string of the molecule is COc1cc(/C=C(\C#N)C(=O)Nc2c(C)cc(C)cc2C)ccc1OCc1ccccc1Cl. The number of carbonyl (C=O) groups is 1. The van der Waals surface area contributed by atoms with E-state index in [0.29, 0.717) is 27.8 Å². The number of benzene rings is 3. The van der Waals surface area contributed by atoms with Gasteiger partial charge in [-0.25, -0.2) is 0 Å². The van der Waals surface area contributed by atoms with E-state index in [4.69, 9.17) is 21.1 Å². The molecule has 0 saturated heterocycles. The third kappa shape index (κ3) is 5.94. The average Bonchev–Trinajstić information content (AvgIpc) is 2.79. The Morgan fingerprint density at radius 2 is 1.76 bits per heavy atom. The molecule has 1 N–H and O–H groups in total. The van der Waals surface area contributed by atoms with Crippen LogP contribution in [0.2, 0.25) is 5.02 Å². The van der Waals surface area contributed by atoms with Crippen LogP contribution >= 0.6 is 11.6 Å². The zero-order valence-electron chi connectivity index (χ0n) is 19.0. The zero-order valence-corrected chi connectivity index (χ0v) is 19.8. The highest BCUT2D eigenvalue weighted by molar-refractivity contribution is 6.31. The molecule has 0 bridgehead atoms. The maximum atomic E-state index is 12.8. The summed E-state index contributed by atoms with van der Waals surface area (Å²) < 4.78 is 11.3. The Bertz CT molecular complexity index is 1240. The fraction of sp³-hybridized carbons (Fsp3) is 0.185. The second-order valence-corrected chi connectivity index (χ2v) is 8.10. The molecule has 0 atom stereocenters. The normalized spacial score (nSPS) is 11.0. The van der Waals surface area contributed by atoms with Crippen molar-refractivity contribution in [2.24, 2.45) is 0 Å². The lowest BCUT2D eigenvalue weighted by molar-refractivity contribution is -0.112. The van der Waals surface area contributed by atoms with Gasteiger partial charge in [-0.1, -0.05) is 53.6 Å². The van der Waals surface area contributed by atoms with Crippen LogP contribution in [0.5, 0.6) is 11.5 Å². The lowest BCUT2D eigenvalue weighted by Crippen LogP contribution is -2.15. The molecule has 0 spiro atoms. The van der Waals surface area contributed by atoms with Gasteiger partial charge in [-0.2, -0.15) is 5.26 Å². The molecule has 0 saturated carbocycles. The van der Waals surface area contributed by atoms with Crippen molar-refractivity contribution in [2.45, 2.75) is 27.4 Å². The highest BCUT2D eigenvalue weighted by Crippen LogP contribution is 2.30. The van der Waals surface area contributed by atoms with Gasteiger partial charge in [-0.15, -0.1) is 0 Å². The number of hydrogen-bond donors (Lipinski definition) is 1. The highest BCUT2D eigenvalue weighted by Gasteiger charge is 2.14. The van der Waals surface area contributed by atoms with E-state index < -0.39 is 5.91 Å². The van der Waals surface area contributed by atoms with Gasteiger partial charge >= 0.3 is 0 Å². The lowest BCUT2D eigenvalue weighted by Gasteiger charge is -2.13. The number of anilines is 1. The zero-order chi connectivity index (χ0) is 24.0. The number of carbonyl (C=O) groups excluding carboxylic acids is 1. The number of nitriles is 1. The molecular formula is C27H25ClN2O3. The Kier molecular flexibility index (Phi) is 7.76. The molecule has 0 aliphatic carbocycles. The van der Waals surface area contributed by atoms with E-state index in [2.05, 4.69) is 5.32 Å². The molecule has 1 amide bonds. The minimum atomic E-state index is -0.467. The van der Waals surface area contributed by atoms with Crippen LogP contribution in [-0.2, 0) is 11.4 Å². The quantitative estimate of drug-likeness (QED) is 0.327. The fourth-order valence-corrected chi connectivity index (χ4v) is 3.73. The van der Waals surface area contributed by atoms with Crippen molar-refractivity contribution in [2.75, 3.05) is 12.4 Å². The molecular weight excluding hydrogens is 436 g/mol. The van der Waals surface area contributed by atoms with Crippen molar-refractivity contribution in [3.05, 3.63) is 93.0 Å². The molecule has 6 heteroatoms. The Labute approximate surface area is 199 Å². The van der Waals surface area contributed by atoms with E-state index in [0.717, 1.165) is 22.3 Å². The molecule has 0 aliphatic rings. The number of amides is 1. The molecule has 3 aromatic carbocycles. The molecule has 33 heavy (non-hydrogen) atoms. The van der Waals surface area contributed by atoms with Crippen LogP contribution in [0.1, 0.15) is 27.8 Å². The number of nitrogens with one attached hydrogen (secondary N) is 1. The van der Waals surface area contributed by atoms with E-state index >= 15 is 0 Å². The number of nitrogens with zero attached hydrogens (tertiary/aromatic N) is 1. The summed E-state index contributed by atoms with van der Waals surface area (Å²) >= 11 is 6.19. The van der Waals surface area contributed by atoms with E-state index in [1.165, 1.54) is 13.2 Å². The smallest absolute Gasteiger partial charge is 0.266 e. The summed E-state index contributed by atoms with van der Waals surface area (Å²) in [5.41, 5.74) is 5.20. The van der Waals surface area contributed by atoms with Crippen molar-refractivity contribution in [1.29, 1.82) is 5.26 Å². The maximum Gasteiger partial charge on any atom is 0.266 e. The van der Waals surface area contributed by atoms with E-state index in [9.17, 15) is 10.1 Å². The monoisotopic (exact) mass is 460 g/mol. The van der Waals surface area contributed by atoms with E-state index in [-0.39, 0.29) is 12.2 Å². The number of aryl methyl sites for hydroxylation is 3. The molecule has 0 radical (unpaired) electrons. The van der Waals surface area contributed by atoms with Crippen molar-refractivity contribution < 1.29 is 14.3 Å². The van der Waals surface area contributed by atoms with Gasteiger partial charge in [0.1, 0.15) is 18.2 Å². The predicted molar refractivity (Wildman–Crippen MR) is 132 cm³/mol. The Morgan fingerprint density at radius 1 is 1.06 bits per heavy atom. The highest BCUT2D eigenvalue weighted by atomic mass is 35.5. The molecule has 3 rings (SSSR count). The van der Waals surface area contributed by atoms with Crippen molar-refractivity contribution >= 4 is 29.3 Å². The summed E-state index contributed by atoms with van der Waals surface area (Å²) in [7, 11) is 1.53. The second-order valence-electron chi connectivity index (χ2n) is 7.69. The van der Waals surface area contributed by atoms with Gasteiger partial charge in [0.2, 0.25) is 0 Å².